The quantitative estimate of drug-likeness (QED) is 0.843. The first-order valence-corrected chi connectivity index (χ1v) is 6.77. The fraction of sp³-hybridized carbons (Fsp3) is 0.600. The van der Waals surface area contributed by atoms with E-state index < -0.39 is 0 Å². The van der Waals surface area contributed by atoms with Crippen LogP contribution in [-0.4, -0.2) is 35.7 Å². The van der Waals surface area contributed by atoms with Crippen LogP contribution in [0.15, 0.2) is 30.3 Å². The summed E-state index contributed by atoms with van der Waals surface area (Å²) >= 11 is 0. The van der Waals surface area contributed by atoms with Crippen molar-refractivity contribution in [3.8, 4) is 0 Å². The Hall–Kier alpha value is -0.860. The number of fused-ring (bicyclic) bond motifs is 1. The van der Waals surface area contributed by atoms with Crippen molar-refractivity contribution < 1.29 is 5.11 Å². The van der Waals surface area contributed by atoms with Gasteiger partial charge in [0.25, 0.3) is 0 Å². The molecule has 2 aliphatic heterocycles. The second-order valence-corrected chi connectivity index (χ2v) is 5.48. The Kier molecular flexibility index (Phi) is 2.93. The van der Waals surface area contributed by atoms with Crippen molar-refractivity contribution in [1.29, 1.82) is 0 Å². The first-order valence-electron chi connectivity index (χ1n) is 6.77. The molecule has 17 heavy (non-hydrogen) atoms. The average molecular weight is 231 g/mol. The van der Waals surface area contributed by atoms with Gasteiger partial charge in [-0.15, -0.1) is 0 Å². The third-order valence-corrected chi connectivity index (χ3v) is 4.73. The monoisotopic (exact) mass is 231 g/mol. The number of nitrogens with zero attached hydrogens (tertiary/aromatic N) is 1. The van der Waals surface area contributed by atoms with Crippen molar-refractivity contribution in [3.05, 3.63) is 35.9 Å². The number of benzene rings is 1. The number of aliphatic hydroxyl groups excluding tert-OH is 1. The van der Waals surface area contributed by atoms with Crippen LogP contribution in [0.5, 0.6) is 0 Å². The van der Waals surface area contributed by atoms with Crippen LogP contribution in [0.1, 0.15) is 31.2 Å². The second-order valence-electron chi connectivity index (χ2n) is 5.48. The van der Waals surface area contributed by atoms with Crippen molar-refractivity contribution in [3.63, 3.8) is 0 Å². The highest BCUT2D eigenvalue weighted by molar-refractivity contribution is 5.30. The van der Waals surface area contributed by atoms with Gasteiger partial charge in [0.15, 0.2) is 0 Å². The summed E-state index contributed by atoms with van der Waals surface area (Å²) in [7, 11) is 0. The smallest absolute Gasteiger partial charge is 0.0543 e. The van der Waals surface area contributed by atoms with Gasteiger partial charge in [-0.1, -0.05) is 36.8 Å². The molecule has 0 bridgehead atoms. The van der Waals surface area contributed by atoms with E-state index >= 15 is 0 Å². The van der Waals surface area contributed by atoms with E-state index in [0.717, 1.165) is 13.0 Å². The first-order chi connectivity index (χ1) is 8.37. The van der Waals surface area contributed by atoms with Gasteiger partial charge in [0.2, 0.25) is 0 Å². The van der Waals surface area contributed by atoms with Crippen molar-refractivity contribution in [2.24, 2.45) is 0 Å². The molecule has 0 aliphatic carbocycles. The predicted octanol–water partition coefficient (Wildman–Crippen LogP) is 2.17. The predicted molar refractivity (Wildman–Crippen MR) is 69.0 cm³/mol. The van der Waals surface area contributed by atoms with Crippen molar-refractivity contribution in [1.82, 2.24) is 4.90 Å². The molecule has 0 unspecified atom stereocenters. The zero-order valence-corrected chi connectivity index (χ0v) is 10.3. The molecule has 2 heteroatoms. The van der Waals surface area contributed by atoms with Gasteiger partial charge in [0.05, 0.1) is 6.61 Å². The highest BCUT2D eigenvalue weighted by Crippen LogP contribution is 2.43. The molecule has 1 N–H and O–H groups in total. The Morgan fingerprint density at radius 1 is 1.18 bits per heavy atom. The number of aliphatic hydroxyl groups is 1. The summed E-state index contributed by atoms with van der Waals surface area (Å²) in [6, 6.07) is 11.2. The molecule has 1 aromatic rings. The van der Waals surface area contributed by atoms with E-state index in [1.54, 1.807) is 0 Å². The molecule has 1 aromatic carbocycles. The minimum atomic E-state index is 0.00167. The Morgan fingerprint density at radius 2 is 2.00 bits per heavy atom. The largest absolute Gasteiger partial charge is 0.395 e. The van der Waals surface area contributed by atoms with E-state index in [-0.39, 0.29) is 12.0 Å². The highest BCUT2D eigenvalue weighted by atomic mass is 16.3. The summed E-state index contributed by atoms with van der Waals surface area (Å²) in [6.45, 7) is 2.66. The van der Waals surface area contributed by atoms with Gasteiger partial charge in [-0.2, -0.15) is 0 Å². The van der Waals surface area contributed by atoms with Crippen LogP contribution >= 0.6 is 0 Å². The molecule has 0 amide bonds. The molecule has 2 fully saturated rings. The molecular formula is C15H21NO. The lowest BCUT2D eigenvalue weighted by atomic mass is 9.72. The van der Waals surface area contributed by atoms with Gasteiger partial charge in [0, 0.05) is 11.5 Å². The van der Waals surface area contributed by atoms with Crippen LogP contribution in [-0.2, 0) is 5.41 Å². The summed E-state index contributed by atoms with van der Waals surface area (Å²) in [6.07, 6.45) is 5.00. The lowest BCUT2D eigenvalue weighted by molar-refractivity contribution is 0.108. The molecule has 2 atom stereocenters. The Balaban J connectivity index is 1.97. The molecule has 92 valence electrons. The molecule has 0 radical (unpaired) electrons. The first kappa shape index (κ1) is 11.2. The zero-order chi connectivity index (χ0) is 11.7. The summed E-state index contributed by atoms with van der Waals surface area (Å²) in [5.41, 5.74) is 1.33. The maximum Gasteiger partial charge on any atom is 0.0543 e. The molecular weight excluding hydrogens is 210 g/mol. The van der Waals surface area contributed by atoms with Crippen LogP contribution in [0, 0.1) is 0 Å². The third kappa shape index (κ3) is 1.71. The van der Waals surface area contributed by atoms with E-state index in [2.05, 4.69) is 35.2 Å². The van der Waals surface area contributed by atoms with Crippen molar-refractivity contribution >= 4 is 0 Å². The fourth-order valence-corrected chi connectivity index (χ4v) is 3.78. The normalized spacial score (nSPS) is 33.6. The number of piperidine rings is 1. The molecule has 2 aliphatic rings. The van der Waals surface area contributed by atoms with Crippen LogP contribution in [0.4, 0.5) is 0 Å². The number of hydrogen-bond donors (Lipinski definition) is 1. The van der Waals surface area contributed by atoms with Gasteiger partial charge in [-0.25, -0.2) is 0 Å². The van der Waals surface area contributed by atoms with Crippen molar-refractivity contribution in [2.45, 2.75) is 37.1 Å². The average Bonchev–Trinajstić information content (AvgIpc) is 2.80. The highest BCUT2D eigenvalue weighted by Gasteiger charge is 2.48. The van der Waals surface area contributed by atoms with Gasteiger partial charge in [-0.3, -0.25) is 4.90 Å². The van der Waals surface area contributed by atoms with E-state index in [4.69, 9.17) is 0 Å². The van der Waals surface area contributed by atoms with E-state index in [1.807, 2.05) is 0 Å². The lowest BCUT2D eigenvalue weighted by Crippen LogP contribution is -2.47. The minimum Gasteiger partial charge on any atom is -0.395 e. The van der Waals surface area contributed by atoms with Gasteiger partial charge < -0.3 is 5.11 Å². The molecule has 0 aromatic heterocycles. The minimum absolute atomic E-state index is 0.00167. The lowest BCUT2D eigenvalue weighted by Gasteiger charge is -2.40. The van der Waals surface area contributed by atoms with Crippen molar-refractivity contribution in [2.75, 3.05) is 19.7 Å². The third-order valence-electron chi connectivity index (χ3n) is 4.73. The molecule has 3 rings (SSSR count). The van der Waals surface area contributed by atoms with Crippen LogP contribution in [0.25, 0.3) is 0 Å². The fourth-order valence-electron chi connectivity index (χ4n) is 3.78. The van der Waals surface area contributed by atoms with Gasteiger partial charge in [-0.05, 0) is 37.9 Å². The van der Waals surface area contributed by atoms with Crippen LogP contribution < -0.4 is 0 Å². The van der Waals surface area contributed by atoms with E-state index in [1.165, 1.54) is 31.4 Å². The molecule has 2 heterocycles. The Labute approximate surface area is 103 Å². The van der Waals surface area contributed by atoms with Crippen LogP contribution in [0.3, 0.4) is 0 Å². The summed E-state index contributed by atoms with van der Waals surface area (Å²) in [4.78, 5) is 2.59. The number of hydrogen-bond acceptors (Lipinski definition) is 2. The maximum absolute atomic E-state index is 9.98. The molecule has 0 spiro atoms. The number of rotatable bonds is 2. The van der Waals surface area contributed by atoms with E-state index in [0.29, 0.717) is 6.04 Å². The summed E-state index contributed by atoms with van der Waals surface area (Å²) in [5.74, 6) is 0. The summed E-state index contributed by atoms with van der Waals surface area (Å²) < 4.78 is 0. The van der Waals surface area contributed by atoms with Gasteiger partial charge in [0.1, 0.15) is 0 Å². The molecule has 2 nitrogen and oxygen atoms in total. The standard InChI is InChI=1S/C15H21NO/c17-12-15(13-6-2-1-3-7-13)9-11-16-10-5-4-8-14(15)16/h1-3,6-7,14,17H,4-5,8-12H2/t14-,15+/m1/s1. The van der Waals surface area contributed by atoms with Gasteiger partial charge >= 0.3 is 0 Å². The maximum atomic E-state index is 9.98. The van der Waals surface area contributed by atoms with Crippen LogP contribution in [0.2, 0.25) is 0 Å². The summed E-state index contributed by atoms with van der Waals surface area (Å²) in [5, 5.41) is 9.98. The zero-order valence-electron chi connectivity index (χ0n) is 10.3. The SMILES string of the molecule is OC[C@]1(c2ccccc2)CCN2CCCC[C@@H]21. The second kappa shape index (κ2) is 4.43. The topological polar surface area (TPSA) is 23.5 Å². The Bertz CT molecular complexity index is 378. The van der Waals surface area contributed by atoms with E-state index in [9.17, 15) is 5.11 Å². The molecule has 0 saturated carbocycles. The molecule has 2 saturated heterocycles. The Morgan fingerprint density at radius 3 is 2.76 bits per heavy atom.